The first-order valence-corrected chi connectivity index (χ1v) is 8.53. The van der Waals surface area contributed by atoms with Crippen LogP contribution in [0.15, 0.2) is 48.5 Å². The molecule has 25 heavy (non-hydrogen) atoms. The number of anilines is 1. The Morgan fingerprint density at radius 2 is 1.84 bits per heavy atom. The van der Waals surface area contributed by atoms with Crippen LogP contribution in [0.1, 0.15) is 30.1 Å². The Bertz CT molecular complexity index is 717. The molecule has 5 nitrogen and oxygen atoms in total. The predicted molar refractivity (Wildman–Crippen MR) is 104 cm³/mol. The number of carbonyl (C=O) groups excluding carboxylic acids is 1. The summed E-state index contributed by atoms with van der Waals surface area (Å²) in [6.07, 6.45) is 2.12. The van der Waals surface area contributed by atoms with Gasteiger partial charge in [0.1, 0.15) is 11.5 Å². The number of rotatable bonds is 7. The minimum absolute atomic E-state index is 0.218. The van der Waals surface area contributed by atoms with E-state index in [1.807, 2.05) is 24.3 Å². The van der Waals surface area contributed by atoms with Gasteiger partial charge in [-0.1, -0.05) is 25.5 Å². The van der Waals surface area contributed by atoms with E-state index < -0.39 is 0 Å². The predicted octanol–water partition coefficient (Wildman–Crippen LogP) is 4.00. The van der Waals surface area contributed by atoms with Gasteiger partial charge in [0.25, 0.3) is 5.91 Å². The van der Waals surface area contributed by atoms with Crippen molar-refractivity contribution in [1.29, 1.82) is 0 Å². The number of benzene rings is 2. The maximum atomic E-state index is 12.3. The number of hydrogen-bond donors (Lipinski definition) is 2. The van der Waals surface area contributed by atoms with E-state index in [-0.39, 0.29) is 11.0 Å². The van der Waals surface area contributed by atoms with Gasteiger partial charge in [-0.05, 0) is 55.0 Å². The van der Waals surface area contributed by atoms with Crippen LogP contribution in [0.4, 0.5) is 5.69 Å². The monoisotopic (exact) mass is 358 g/mol. The van der Waals surface area contributed by atoms with Crippen molar-refractivity contribution in [1.82, 2.24) is 5.32 Å². The van der Waals surface area contributed by atoms with Crippen molar-refractivity contribution < 1.29 is 14.3 Å². The lowest BCUT2D eigenvalue weighted by Crippen LogP contribution is -2.34. The lowest BCUT2D eigenvalue weighted by Gasteiger charge is -2.12. The van der Waals surface area contributed by atoms with Crippen LogP contribution in [-0.2, 0) is 0 Å². The summed E-state index contributed by atoms with van der Waals surface area (Å²) in [7, 11) is 1.52. The van der Waals surface area contributed by atoms with Crippen LogP contribution < -0.4 is 20.1 Å². The second-order valence-corrected chi connectivity index (χ2v) is 5.74. The number of para-hydroxylation sites is 1. The fourth-order valence-electron chi connectivity index (χ4n) is 2.13. The Morgan fingerprint density at radius 1 is 1.12 bits per heavy atom. The smallest absolute Gasteiger partial charge is 0.261 e. The van der Waals surface area contributed by atoms with Gasteiger partial charge in [0.15, 0.2) is 5.11 Å². The van der Waals surface area contributed by atoms with Gasteiger partial charge in [-0.15, -0.1) is 0 Å². The average molecular weight is 358 g/mol. The zero-order valence-corrected chi connectivity index (χ0v) is 15.2. The normalized spacial score (nSPS) is 10.0. The van der Waals surface area contributed by atoms with Crippen molar-refractivity contribution in [2.24, 2.45) is 0 Å². The SMILES string of the molecule is CCCCOc1ccc(NC(=S)NC(=O)c2ccccc2OC)cc1. The molecule has 0 aromatic heterocycles. The number of ether oxygens (including phenoxy) is 2. The molecule has 0 saturated heterocycles. The summed E-state index contributed by atoms with van der Waals surface area (Å²) in [5.74, 6) is 0.980. The molecule has 2 aromatic rings. The van der Waals surface area contributed by atoms with E-state index in [4.69, 9.17) is 21.7 Å². The number of thiocarbonyl (C=S) groups is 1. The average Bonchev–Trinajstić information content (AvgIpc) is 2.63. The highest BCUT2D eigenvalue weighted by atomic mass is 32.1. The van der Waals surface area contributed by atoms with Gasteiger partial charge >= 0.3 is 0 Å². The Labute approximate surface area is 153 Å². The molecule has 2 rings (SSSR count). The lowest BCUT2D eigenvalue weighted by atomic mass is 10.2. The van der Waals surface area contributed by atoms with Crippen molar-refractivity contribution in [2.45, 2.75) is 19.8 Å². The number of nitrogens with one attached hydrogen (secondary N) is 2. The van der Waals surface area contributed by atoms with Crippen molar-refractivity contribution >= 4 is 28.9 Å². The highest BCUT2D eigenvalue weighted by molar-refractivity contribution is 7.80. The molecule has 6 heteroatoms. The molecule has 0 saturated carbocycles. The van der Waals surface area contributed by atoms with Crippen molar-refractivity contribution in [3.8, 4) is 11.5 Å². The second-order valence-electron chi connectivity index (χ2n) is 5.33. The molecule has 0 aliphatic carbocycles. The van der Waals surface area contributed by atoms with E-state index in [1.54, 1.807) is 24.3 Å². The third-order valence-electron chi connectivity index (χ3n) is 3.46. The van der Waals surface area contributed by atoms with Crippen molar-refractivity contribution in [3.05, 3.63) is 54.1 Å². The number of carbonyl (C=O) groups is 1. The molecule has 0 heterocycles. The minimum Gasteiger partial charge on any atom is -0.496 e. The Morgan fingerprint density at radius 3 is 2.52 bits per heavy atom. The molecular formula is C19H22N2O3S. The van der Waals surface area contributed by atoms with Gasteiger partial charge in [0.2, 0.25) is 0 Å². The molecule has 0 aliphatic rings. The molecule has 0 atom stereocenters. The van der Waals surface area contributed by atoms with Gasteiger partial charge in [-0.2, -0.15) is 0 Å². The third kappa shape index (κ3) is 5.76. The number of hydrogen-bond acceptors (Lipinski definition) is 4. The van der Waals surface area contributed by atoms with Crippen molar-refractivity contribution in [2.75, 3.05) is 19.0 Å². The highest BCUT2D eigenvalue weighted by Gasteiger charge is 2.12. The largest absolute Gasteiger partial charge is 0.496 e. The van der Waals surface area contributed by atoms with E-state index in [0.717, 1.165) is 24.3 Å². The standard InChI is InChI=1S/C19H22N2O3S/c1-3-4-13-24-15-11-9-14(10-12-15)20-19(25)21-18(22)16-7-5-6-8-17(16)23-2/h5-12H,3-4,13H2,1-2H3,(H2,20,21,22,25). The molecule has 0 radical (unpaired) electrons. The fourth-order valence-corrected chi connectivity index (χ4v) is 2.34. The van der Waals surface area contributed by atoms with Crippen LogP contribution in [0.2, 0.25) is 0 Å². The van der Waals surface area contributed by atoms with E-state index in [9.17, 15) is 4.79 Å². The van der Waals surface area contributed by atoms with E-state index in [0.29, 0.717) is 17.9 Å². The van der Waals surface area contributed by atoms with Crippen LogP contribution >= 0.6 is 12.2 Å². The Balaban J connectivity index is 1.90. The first kappa shape index (κ1) is 18.7. The molecule has 2 aromatic carbocycles. The summed E-state index contributed by atoms with van der Waals surface area (Å²) in [4.78, 5) is 12.3. The van der Waals surface area contributed by atoms with Crippen LogP contribution in [0, 0.1) is 0 Å². The van der Waals surface area contributed by atoms with Crippen LogP contribution in [0.25, 0.3) is 0 Å². The number of amides is 1. The fraction of sp³-hybridized carbons (Fsp3) is 0.263. The van der Waals surface area contributed by atoms with E-state index in [2.05, 4.69) is 17.6 Å². The Hall–Kier alpha value is -2.60. The maximum absolute atomic E-state index is 12.3. The maximum Gasteiger partial charge on any atom is 0.261 e. The number of methoxy groups -OCH3 is 1. The first-order valence-electron chi connectivity index (χ1n) is 8.12. The first-order chi connectivity index (χ1) is 12.1. The molecular weight excluding hydrogens is 336 g/mol. The molecule has 0 fully saturated rings. The summed E-state index contributed by atoms with van der Waals surface area (Å²) in [6, 6.07) is 14.4. The highest BCUT2D eigenvalue weighted by Crippen LogP contribution is 2.18. The Kier molecular flexibility index (Phi) is 7.22. The van der Waals surface area contributed by atoms with Gasteiger partial charge < -0.3 is 14.8 Å². The topological polar surface area (TPSA) is 59.6 Å². The summed E-state index contributed by atoms with van der Waals surface area (Å²) >= 11 is 5.20. The lowest BCUT2D eigenvalue weighted by molar-refractivity contribution is 0.0975. The summed E-state index contributed by atoms with van der Waals surface area (Å²) in [5, 5.41) is 5.84. The van der Waals surface area contributed by atoms with Gasteiger partial charge in [-0.25, -0.2) is 0 Å². The van der Waals surface area contributed by atoms with Crippen LogP contribution in [-0.4, -0.2) is 24.7 Å². The minimum atomic E-state index is -0.325. The van der Waals surface area contributed by atoms with E-state index in [1.165, 1.54) is 7.11 Å². The molecule has 0 bridgehead atoms. The van der Waals surface area contributed by atoms with Crippen LogP contribution in [0.5, 0.6) is 11.5 Å². The summed E-state index contributed by atoms with van der Waals surface area (Å²) < 4.78 is 10.8. The third-order valence-corrected chi connectivity index (χ3v) is 3.66. The van der Waals surface area contributed by atoms with E-state index >= 15 is 0 Å². The van der Waals surface area contributed by atoms with Crippen LogP contribution in [0.3, 0.4) is 0 Å². The molecule has 0 aliphatic heterocycles. The molecule has 2 N–H and O–H groups in total. The zero-order valence-electron chi connectivity index (χ0n) is 14.4. The quantitative estimate of drug-likeness (QED) is 0.579. The second kappa shape index (κ2) is 9.64. The molecule has 0 unspecified atom stereocenters. The zero-order chi connectivity index (χ0) is 18.1. The summed E-state index contributed by atoms with van der Waals surface area (Å²) in [6.45, 7) is 2.83. The number of unbranched alkanes of at least 4 members (excludes halogenated alkanes) is 1. The molecule has 1 amide bonds. The summed E-state index contributed by atoms with van der Waals surface area (Å²) in [5.41, 5.74) is 1.20. The van der Waals surface area contributed by atoms with Crippen molar-refractivity contribution in [3.63, 3.8) is 0 Å². The molecule has 0 spiro atoms. The van der Waals surface area contributed by atoms with Gasteiger partial charge in [-0.3, -0.25) is 10.1 Å². The molecule has 132 valence electrons. The van der Waals surface area contributed by atoms with Gasteiger partial charge in [0, 0.05) is 5.69 Å². The van der Waals surface area contributed by atoms with Gasteiger partial charge in [0.05, 0.1) is 19.3 Å².